The summed E-state index contributed by atoms with van der Waals surface area (Å²) in [4.78, 5) is 26.6. The summed E-state index contributed by atoms with van der Waals surface area (Å²) in [7, 11) is 0. The summed E-state index contributed by atoms with van der Waals surface area (Å²) in [5.74, 6) is -0.999. The first kappa shape index (κ1) is 17.5. The molecule has 2 unspecified atom stereocenters. The van der Waals surface area contributed by atoms with Crippen molar-refractivity contribution in [3.05, 3.63) is 34.4 Å². The SMILES string of the molecule is CCC(C)CC(=O)NC(Cc1c[nH]c2cccc(Br)c12)C(=O)O. The van der Waals surface area contributed by atoms with Crippen molar-refractivity contribution in [3.8, 4) is 0 Å². The molecule has 2 atom stereocenters. The van der Waals surface area contributed by atoms with Gasteiger partial charge in [-0.05, 0) is 23.6 Å². The Balaban J connectivity index is 2.16. The van der Waals surface area contributed by atoms with Crippen molar-refractivity contribution in [1.29, 1.82) is 0 Å². The van der Waals surface area contributed by atoms with Crippen LogP contribution in [0.15, 0.2) is 28.9 Å². The molecular formula is C17H21BrN2O3. The van der Waals surface area contributed by atoms with Crippen molar-refractivity contribution in [2.75, 3.05) is 0 Å². The van der Waals surface area contributed by atoms with E-state index in [0.29, 0.717) is 6.42 Å². The Kier molecular flexibility index (Phi) is 5.82. The van der Waals surface area contributed by atoms with E-state index in [1.54, 1.807) is 6.20 Å². The Morgan fingerprint density at radius 2 is 2.13 bits per heavy atom. The van der Waals surface area contributed by atoms with Crippen LogP contribution in [0, 0.1) is 5.92 Å². The first-order chi connectivity index (χ1) is 10.9. The summed E-state index contributed by atoms with van der Waals surface area (Å²) in [5, 5.41) is 13.0. The molecule has 0 spiro atoms. The summed E-state index contributed by atoms with van der Waals surface area (Å²) < 4.78 is 0.904. The van der Waals surface area contributed by atoms with E-state index in [0.717, 1.165) is 27.4 Å². The van der Waals surface area contributed by atoms with Gasteiger partial charge in [0.05, 0.1) is 0 Å². The second kappa shape index (κ2) is 7.64. The molecule has 1 aromatic carbocycles. The Morgan fingerprint density at radius 3 is 2.78 bits per heavy atom. The molecule has 0 aliphatic carbocycles. The van der Waals surface area contributed by atoms with Gasteiger partial charge in [-0.1, -0.05) is 42.3 Å². The van der Waals surface area contributed by atoms with Gasteiger partial charge < -0.3 is 15.4 Å². The third kappa shape index (κ3) is 4.34. The highest BCUT2D eigenvalue weighted by Gasteiger charge is 2.23. The molecule has 0 radical (unpaired) electrons. The minimum atomic E-state index is -1.02. The average Bonchev–Trinajstić information content (AvgIpc) is 2.90. The van der Waals surface area contributed by atoms with Gasteiger partial charge in [0, 0.05) is 34.4 Å². The number of aromatic nitrogens is 1. The number of aliphatic carboxylic acids is 1. The highest BCUT2D eigenvalue weighted by molar-refractivity contribution is 9.10. The standard InChI is InChI=1S/C17H21BrN2O3/c1-3-10(2)7-15(21)20-14(17(22)23)8-11-9-19-13-6-4-5-12(18)16(11)13/h4-6,9-10,14,19H,3,7-8H2,1-2H3,(H,20,21)(H,22,23). The second-order valence-electron chi connectivity index (χ2n) is 5.86. The van der Waals surface area contributed by atoms with Crippen molar-refractivity contribution in [2.45, 2.75) is 39.2 Å². The summed E-state index contributed by atoms with van der Waals surface area (Å²) in [6.07, 6.45) is 3.27. The molecule has 2 rings (SSSR count). The molecule has 0 bridgehead atoms. The van der Waals surface area contributed by atoms with E-state index >= 15 is 0 Å². The van der Waals surface area contributed by atoms with Crippen LogP contribution in [0.3, 0.4) is 0 Å². The largest absolute Gasteiger partial charge is 0.480 e. The maximum Gasteiger partial charge on any atom is 0.326 e. The number of carbonyl (C=O) groups is 2. The summed E-state index contributed by atoms with van der Waals surface area (Å²) >= 11 is 3.49. The van der Waals surface area contributed by atoms with Gasteiger partial charge in [-0.15, -0.1) is 0 Å². The summed E-state index contributed by atoms with van der Waals surface area (Å²) in [5.41, 5.74) is 1.80. The lowest BCUT2D eigenvalue weighted by Crippen LogP contribution is -2.42. The van der Waals surface area contributed by atoms with E-state index in [1.807, 2.05) is 32.0 Å². The predicted octanol–water partition coefficient (Wildman–Crippen LogP) is 3.48. The zero-order chi connectivity index (χ0) is 17.0. The van der Waals surface area contributed by atoms with E-state index in [1.165, 1.54) is 0 Å². The quantitative estimate of drug-likeness (QED) is 0.687. The smallest absolute Gasteiger partial charge is 0.326 e. The number of fused-ring (bicyclic) bond motifs is 1. The number of halogens is 1. The van der Waals surface area contributed by atoms with Crippen LogP contribution in [-0.4, -0.2) is 28.0 Å². The highest BCUT2D eigenvalue weighted by Crippen LogP contribution is 2.27. The van der Waals surface area contributed by atoms with Gasteiger partial charge in [0.2, 0.25) is 5.91 Å². The molecule has 124 valence electrons. The number of hydrogen-bond donors (Lipinski definition) is 3. The topological polar surface area (TPSA) is 82.2 Å². The lowest BCUT2D eigenvalue weighted by Gasteiger charge is -2.16. The van der Waals surface area contributed by atoms with E-state index in [2.05, 4.69) is 26.2 Å². The molecule has 23 heavy (non-hydrogen) atoms. The first-order valence-electron chi connectivity index (χ1n) is 7.69. The average molecular weight is 381 g/mol. The van der Waals surface area contributed by atoms with Crippen LogP contribution in [0.4, 0.5) is 0 Å². The van der Waals surface area contributed by atoms with Crippen LogP contribution < -0.4 is 5.32 Å². The molecule has 1 aromatic heterocycles. The number of carbonyl (C=O) groups excluding carboxylic acids is 1. The van der Waals surface area contributed by atoms with E-state index < -0.39 is 12.0 Å². The molecule has 0 saturated carbocycles. The van der Waals surface area contributed by atoms with Crippen molar-refractivity contribution >= 4 is 38.7 Å². The van der Waals surface area contributed by atoms with Crippen molar-refractivity contribution < 1.29 is 14.7 Å². The number of amides is 1. The Bertz CT molecular complexity index is 711. The molecule has 0 aliphatic rings. The van der Waals surface area contributed by atoms with Crippen LogP contribution in [0.5, 0.6) is 0 Å². The fourth-order valence-corrected chi connectivity index (χ4v) is 3.12. The molecular weight excluding hydrogens is 360 g/mol. The predicted molar refractivity (Wildman–Crippen MR) is 93.3 cm³/mol. The molecule has 0 saturated heterocycles. The third-order valence-corrected chi connectivity index (χ3v) is 4.69. The molecule has 0 aliphatic heterocycles. The molecule has 3 N–H and O–H groups in total. The summed E-state index contributed by atoms with van der Waals surface area (Å²) in [6, 6.07) is 4.82. The monoisotopic (exact) mass is 380 g/mol. The van der Waals surface area contributed by atoms with Gasteiger partial charge in [-0.2, -0.15) is 0 Å². The van der Waals surface area contributed by atoms with Crippen LogP contribution in [0.1, 0.15) is 32.3 Å². The van der Waals surface area contributed by atoms with Gasteiger partial charge in [0.1, 0.15) is 6.04 Å². The van der Waals surface area contributed by atoms with Crippen LogP contribution >= 0.6 is 15.9 Å². The van der Waals surface area contributed by atoms with Gasteiger partial charge in [-0.3, -0.25) is 4.79 Å². The maximum absolute atomic E-state index is 12.0. The second-order valence-corrected chi connectivity index (χ2v) is 6.71. The van der Waals surface area contributed by atoms with Crippen molar-refractivity contribution in [3.63, 3.8) is 0 Å². The fraction of sp³-hybridized carbons (Fsp3) is 0.412. The number of rotatable bonds is 7. The van der Waals surface area contributed by atoms with Gasteiger partial charge in [0.25, 0.3) is 0 Å². The van der Waals surface area contributed by atoms with E-state index in [-0.39, 0.29) is 18.2 Å². The lowest BCUT2D eigenvalue weighted by atomic mass is 10.0. The fourth-order valence-electron chi connectivity index (χ4n) is 2.50. The molecule has 2 aromatic rings. The molecule has 5 nitrogen and oxygen atoms in total. The van der Waals surface area contributed by atoms with Gasteiger partial charge >= 0.3 is 5.97 Å². The van der Waals surface area contributed by atoms with Crippen molar-refractivity contribution in [1.82, 2.24) is 10.3 Å². The number of nitrogens with one attached hydrogen (secondary N) is 2. The minimum absolute atomic E-state index is 0.217. The van der Waals surface area contributed by atoms with E-state index in [4.69, 9.17) is 0 Å². The molecule has 1 heterocycles. The van der Waals surface area contributed by atoms with E-state index in [9.17, 15) is 14.7 Å². The molecule has 0 fully saturated rings. The highest BCUT2D eigenvalue weighted by atomic mass is 79.9. The molecule has 6 heteroatoms. The normalized spacial score (nSPS) is 13.7. The van der Waals surface area contributed by atoms with Gasteiger partial charge in [0.15, 0.2) is 0 Å². The summed E-state index contributed by atoms with van der Waals surface area (Å²) in [6.45, 7) is 3.99. The Hall–Kier alpha value is -1.82. The van der Waals surface area contributed by atoms with Gasteiger partial charge in [-0.25, -0.2) is 4.79 Å². The third-order valence-electron chi connectivity index (χ3n) is 4.02. The van der Waals surface area contributed by atoms with Crippen LogP contribution in [-0.2, 0) is 16.0 Å². The first-order valence-corrected chi connectivity index (χ1v) is 8.48. The van der Waals surface area contributed by atoms with Crippen LogP contribution in [0.25, 0.3) is 10.9 Å². The number of carboxylic acids is 1. The number of aromatic amines is 1. The molecule has 1 amide bonds. The number of carboxylic acid groups (broad SMARTS) is 1. The Morgan fingerprint density at radius 1 is 1.39 bits per heavy atom. The lowest BCUT2D eigenvalue weighted by molar-refractivity contribution is -0.141. The minimum Gasteiger partial charge on any atom is -0.480 e. The zero-order valence-electron chi connectivity index (χ0n) is 13.2. The van der Waals surface area contributed by atoms with Crippen molar-refractivity contribution in [2.24, 2.45) is 5.92 Å². The van der Waals surface area contributed by atoms with Crippen LogP contribution in [0.2, 0.25) is 0 Å². The number of benzene rings is 1. The number of H-pyrrole nitrogens is 1. The number of hydrogen-bond acceptors (Lipinski definition) is 2. The zero-order valence-corrected chi connectivity index (χ0v) is 14.8. The maximum atomic E-state index is 12.0. The Labute approximate surface area is 143 Å².